The molecule has 3 nitrogen and oxygen atoms in total. The Bertz CT molecular complexity index is 628. The first kappa shape index (κ1) is 12.1. The molecular formula is C14H15F2N3. The van der Waals surface area contributed by atoms with Crippen molar-refractivity contribution in [2.75, 3.05) is 5.73 Å². The Hall–Kier alpha value is -1.91. The Morgan fingerprint density at radius 3 is 2.37 bits per heavy atom. The van der Waals surface area contributed by atoms with Crippen LogP contribution in [0.15, 0.2) is 18.2 Å². The molecule has 2 unspecified atom stereocenters. The average Bonchev–Trinajstić information content (AvgIpc) is 2.95. The van der Waals surface area contributed by atoms with Crippen molar-refractivity contribution in [2.24, 2.45) is 13.0 Å². The van der Waals surface area contributed by atoms with Crippen molar-refractivity contribution in [3.63, 3.8) is 0 Å². The molecule has 0 aliphatic heterocycles. The molecule has 1 aliphatic carbocycles. The van der Waals surface area contributed by atoms with Crippen molar-refractivity contribution >= 4 is 5.82 Å². The predicted octanol–water partition coefficient (Wildman–Crippen LogP) is 3.07. The highest BCUT2D eigenvalue weighted by Gasteiger charge is 2.39. The van der Waals surface area contributed by atoms with Crippen LogP contribution in [-0.4, -0.2) is 9.78 Å². The van der Waals surface area contributed by atoms with Gasteiger partial charge in [0.15, 0.2) is 0 Å². The fraction of sp³-hybridized carbons (Fsp3) is 0.357. The minimum atomic E-state index is -0.604. The van der Waals surface area contributed by atoms with Crippen LogP contribution in [0.4, 0.5) is 14.6 Å². The van der Waals surface area contributed by atoms with Gasteiger partial charge in [-0.25, -0.2) is 8.78 Å². The van der Waals surface area contributed by atoms with Crippen LogP contribution in [0.2, 0.25) is 0 Å². The van der Waals surface area contributed by atoms with Crippen molar-refractivity contribution in [1.82, 2.24) is 9.78 Å². The summed E-state index contributed by atoms with van der Waals surface area (Å²) in [5.74, 6) is 0.122. The van der Waals surface area contributed by atoms with Gasteiger partial charge in [0.05, 0.1) is 5.69 Å². The molecule has 1 aromatic heterocycles. The van der Waals surface area contributed by atoms with Crippen molar-refractivity contribution < 1.29 is 8.78 Å². The summed E-state index contributed by atoms with van der Waals surface area (Å²) < 4.78 is 28.3. The van der Waals surface area contributed by atoms with Gasteiger partial charge in [0.25, 0.3) is 0 Å². The second kappa shape index (κ2) is 4.05. The zero-order chi connectivity index (χ0) is 13.7. The molecule has 1 saturated carbocycles. The lowest BCUT2D eigenvalue weighted by atomic mass is 10.0. The maximum atomic E-state index is 13.4. The topological polar surface area (TPSA) is 43.8 Å². The number of nitrogens with zero attached hydrogens (tertiary/aromatic N) is 2. The maximum absolute atomic E-state index is 13.4. The number of benzene rings is 1. The molecule has 1 fully saturated rings. The van der Waals surface area contributed by atoms with Gasteiger partial charge in [0.1, 0.15) is 17.5 Å². The van der Waals surface area contributed by atoms with E-state index >= 15 is 0 Å². The van der Waals surface area contributed by atoms with Gasteiger partial charge in [-0.05, 0) is 30.0 Å². The summed E-state index contributed by atoms with van der Waals surface area (Å²) in [6, 6.07) is 3.45. The number of hydrogen-bond donors (Lipinski definition) is 1. The molecule has 1 heterocycles. The molecular weight excluding hydrogens is 248 g/mol. The zero-order valence-corrected chi connectivity index (χ0v) is 10.8. The van der Waals surface area contributed by atoms with Crippen LogP contribution in [-0.2, 0) is 7.05 Å². The lowest BCUT2D eigenvalue weighted by Crippen LogP contribution is -1.98. The Labute approximate surface area is 110 Å². The fourth-order valence-corrected chi connectivity index (χ4v) is 2.52. The SMILES string of the molecule is CC1CC1c1nn(C)c(N)c1-c1cc(F)cc(F)c1. The molecule has 0 radical (unpaired) electrons. The first-order valence-corrected chi connectivity index (χ1v) is 6.26. The van der Waals surface area contributed by atoms with Gasteiger partial charge >= 0.3 is 0 Å². The van der Waals surface area contributed by atoms with E-state index in [9.17, 15) is 8.78 Å². The third kappa shape index (κ3) is 1.99. The lowest BCUT2D eigenvalue weighted by molar-refractivity contribution is 0.584. The Balaban J connectivity index is 2.18. The van der Waals surface area contributed by atoms with E-state index < -0.39 is 11.6 Å². The monoisotopic (exact) mass is 263 g/mol. The summed E-state index contributed by atoms with van der Waals surface area (Å²) in [7, 11) is 1.74. The highest BCUT2D eigenvalue weighted by atomic mass is 19.1. The van der Waals surface area contributed by atoms with Gasteiger partial charge in [-0.3, -0.25) is 4.68 Å². The fourth-order valence-electron chi connectivity index (χ4n) is 2.52. The van der Waals surface area contributed by atoms with Crippen LogP contribution < -0.4 is 5.73 Å². The quantitative estimate of drug-likeness (QED) is 0.905. The molecule has 0 bridgehead atoms. The largest absolute Gasteiger partial charge is 0.383 e. The molecule has 5 heteroatoms. The van der Waals surface area contributed by atoms with Gasteiger partial charge in [0, 0.05) is 24.6 Å². The molecule has 100 valence electrons. The molecule has 19 heavy (non-hydrogen) atoms. The molecule has 0 saturated heterocycles. The van der Waals surface area contributed by atoms with Crippen molar-refractivity contribution in [1.29, 1.82) is 0 Å². The normalized spacial score (nSPS) is 21.7. The van der Waals surface area contributed by atoms with E-state index in [4.69, 9.17) is 5.73 Å². The van der Waals surface area contributed by atoms with Crippen LogP contribution in [0, 0.1) is 17.6 Å². The van der Waals surface area contributed by atoms with Crippen molar-refractivity contribution in [3.05, 3.63) is 35.5 Å². The van der Waals surface area contributed by atoms with E-state index in [1.165, 1.54) is 12.1 Å². The van der Waals surface area contributed by atoms with Gasteiger partial charge < -0.3 is 5.73 Å². The van der Waals surface area contributed by atoms with E-state index in [2.05, 4.69) is 12.0 Å². The third-order valence-corrected chi connectivity index (χ3v) is 3.73. The number of anilines is 1. The average molecular weight is 263 g/mol. The summed E-state index contributed by atoms with van der Waals surface area (Å²) in [5.41, 5.74) is 7.97. The van der Waals surface area contributed by atoms with Gasteiger partial charge in [-0.15, -0.1) is 0 Å². The standard InChI is InChI=1S/C14H15F2N3/c1-7-3-11(7)13-12(14(17)19(2)18-13)8-4-9(15)6-10(16)5-8/h4-7,11H,3,17H2,1-2H3. The summed E-state index contributed by atoms with van der Waals surface area (Å²) in [5, 5.41) is 4.41. The molecule has 2 aromatic rings. The summed E-state index contributed by atoms with van der Waals surface area (Å²) >= 11 is 0. The summed E-state index contributed by atoms with van der Waals surface area (Å²) in [6.45, 7) is 2.13. The van der Waals surface area contributed by atoms with Gasteiger partial charge in [-0.2, -0.15) is 5.10 Å². The third-order valence-electron chi connectivity index (χ3n) is 3.73. The van der Waals surface area contributed by atoms with E-state index in [-0.39, 0.29) is 0 Å². The smallest absolute Gasteiger partial charge is 0.129 e. The number of rotatable bonds is 2. The minimum Gasteiger partial charge on any atom is -0.383 e. The number of aryl methyl sites for hydroxylation is 1. The van der Waals surface area contributed by atoms with Crippen LogP contribution in [0.1, 0.15) is 25.0 Å². The molecule has 2 N–H and O–H groups in total. The van der Waals surface area contributed by atoms with E-state index in [1.54, 1.807) is 11.7 Å². The van der Waals surface area contributed by atoms with Crippen LogP contribution in [0.5, 0.6) is 0 Å². The highest BCUT2D eigenvalue weighted by Crippen LogP contribution is 2.50. The predicted molar refractivity (Wildman–Crippen MR) is 69.5 cm³/mol. The van der Waals surface area contributed by atoms with Crippen LogP contribution >= 0.6 is 0 Å². The lowest BCUT2D eigenvalue weighted by Gasteiger charge is -2.04. The molecule has 3 rings (SSSR count). The minimum absolute atomic E-state index is 0.338. The number of hydrogen-bond acceptors (Lipinski definition) is 2. The molecule has 2 atom stereocenters. The first-order chi connectivity index (χ1) is 8.97. The number of nitrogens with two attached hydrogens (primary N) is 1. The van der Waals surface area contributed by atoms with Crippen molar-refractivity contribution in [2.45, 2.75) is 19.3 Å². The molecule has 0 spiro atoms. The summed E-state index contributed by atoms with van der Waals surface area (Å²) in [4.78, 5) is 0. The van der Waals surface area contributed by atoms with Gasteiger partial charge in [0.2, 0.25) is 0 Å². The Morgan fingerprint density at radius 1 is 1.26 bits per heavy atom. The number of halogens is 2. The Kier molecular flexibility index (Phi) is 2.59. The second-order valence-corrected chi connectivity index (χ2v) is 5.25. The van der Waals surface area contributed by atoms with Crippen LogP contribution in [0.3, 0.4) is 0 Å². The number of nitrogen functional groups attached to an aromatic ring is 1. The second-order valence-electron chi connectivity index (χ2n) is 5.25. The molecule has 1 aromatic carbocycles. The van der Waals surface area contributed by atoms with Gasteiger partial charge in [-0.1, -0.05) is 6.92 Å². The Morgan fingerprint density at radius 2 is 1.84 bits per heavy atom. The first-order valence-electron chi connectivity index (χ1n) is 6.26. The van der Waals surface area contributed by atoms with Crippen molar-refractivity contribution in [3.8, 4) is 11.1 Å². The maximum Gasteiger partial charge on any atom is 0.129 e. The van der Waals surface area contributed by atoms with Crippen LogP contribution in [0.25, 0.3) is 11.1 Å². The molecule has 0 amide bonds. The van der Waals surface area contributed by atoms with E-state index in [1.807, 2.05) is 0 Å². The zero-order valence-electron chi connectivity index (χ0n) is 10.8. The highest BCUT2D eigenvalue weighted by molar-refractivity contribution is 5.77. The number of aromatic nitrogens is 2. The molecule has 1 aliphatic rings. The summed E-state index contributed by atoms with van der Waals surface area (Å²) in [6.07, 6.45) is 1.04. The van der Waals surface area contributed by atoms with E-state index in [0.717, 1.165) is 18.2 Å². The van der Waals surface area contributed by atoms with E-state index in [0.29, 0.717) is 28.8 Å².